The molecule has 0 atom stereocenters. The second-order valence-electron chi connectivity index (χ2n) is 9.37. The van der Waals surface area contributed by atoms with Gasteiger partial charge in [0, 0.05) is 35.7 Å². The van der Waals surface area contributed by atoms with Crippen molar-refractivity contribution in [1.82, 2.24) is 0 Å². The van der Waals surface area contributed by atoms with Crippen LogP contribution >= 0.6 is 22.7 Å². The number of thiophene rings is 2. The van der Waals surface area contributed by atoms with E-state index < -0.39 is 0 Å². The molecule has 7 aromatic rings. The number of benzene rings is 5. The van der Waals surface area contributed by atoms with Crippen LogP contribution in [0.25, 0.3) is 85.5 Å². The zero-order chi connectivity index (χ0) is 21.4. The van der Waals surface area contributed by atoms with E-state index in [2.05, 4.69) is 85.8 Å². The first kappa shape index (κ1) is 17.1. The van der Waals surface area contributed by atoms with Gasteiger partial charge < -0.3 is 0 Å². The van der Waals surface area contributed by atoms with E-state index in [0.717, 1.165) is 0 Å². The van der Waals surface area contributed by atoms with Crippen LogP contribution < -0.4 is 0 Å². The average molecular weight is 453 g/mol. The summed E-state index contributed by atoms with van der Waals surface area (Å²) in [5.74, 6) is 0. The molecule has 0 aliphatic heterocycles. The maximum absolute atomic E-state index is 2.43. The van der Waals surface area contributed by atoms with Gasteiger partial charge in [0.2, 0.25) is 0 Å². The highest BCUT2D eigenvalue weighted by Gasteiger charge is 2.31. The lowest BCUT2D eigenvalue weighted by atomic mass is 9.97. The van der Waals surface area contributed by atoms with Gasteiger partial charge in [0.1, 0.15) is 0 Å². The van der Waals surface area contributed by atoms with Crippen molar-refractivity contribution < 1.29 is 0 Å². The van der Waals surface area contributed by atoms with Crippen molar-refractivity contribution in [1.29, 1.82) is 0 Å². The Morgan fingerprint density at radius 1 is 0.515 bits per heavy atom. The Morgan fingerprint density at radius 3 is 1.94 bits per heavy atom. The van der Waals surface area contributed by atoms with Gasteiger partial charge in [-0.25, -0.2) is 0 Å². The number of fused-ring (bicyclic) bond motifs is 10. The summed E-state index contributed by atoms with van der Waals surface area (Å²) in [6.07, 6.45) is 0. The van der Waals surface area contributed by atoms with Crippen LogP contribution in [0.15, 0.2) is 78.9 Å². The van der Waals surface area contributed by atoms with Crippen molar-refractivity contribution in [2.24, 2.45) is 0 Å². The van der Waals surface area contributed by atoms with Crippen molar-refractivity contribution >= 4 is 64.4 Å². The highest BCUT2D eigenvalue weighted by Crippen LogP contribution is 2.60. The third-order valence-electron chi connectivity index (χ3n) is 7.59. The number of hydrogen-bond acceptors (Lipinski definition) is 2. The summed E-state index contributed by atoms with van der Waals surface area (Å²) >= 11 is 3.87. The Bertz CT molecular complexity index is 1980. The topological polar surface area (TPSA) is 0 Å². The molecule has 9 rings (SSSR count). The summed E-state index contributed by atoms with van der Waals surface area (Å²) in [6.45, 7) is 2.21. The van der Waals surface area contributed by atoms with Gasteiger partial charge in [0.15, 0.2) is 0 Å². The molecule has 0 N–H and O–H groups in total. The summed E-state index contributed by atoms with van der Waals surface area (Å²) in [5, 5.41) is 8.32. The fourth-order valence-corrected chi connectivity index (χ4v) is 8.54. The van der Waals surface area contributed by atoms with Gasteiger partial charge in [-0.05, 0) is 92.0 Å². The van der Waals surface area contributed by atoms with Gasteiger partial charge in [-0.2, -0.15) is 0 Å². The van der Waals surface area contributed by atoms with Crippen molar-refractivity contribution in [2.75, 3.05) is 0 Å². The van der Waals surface area contributed by atoms with E-state index in [1.807, 2.05) is 22.7 Å². The molecule has 0 amide bonds. The summed E-state index contributed by atoms with van der Waals surface area (Å²) in [5.41, 5.74) is 9.81. The highest BCUT2D eigenvalue weighted by molar-refractivity contribution is 7.24. The van der Waals surface area contributed by atoms with E-state index in [1.54, 1.807) is 0 Å². The SMILES string of the molecule is Cc1cc2cc3c4c(sc3cc2s1)-c1ccc2c3c(ccc-4c13)-c1cc3ccccc3cc1-2. The largest absolute Gasteiger partial charge is 0.141 e. The monoisotopic (exact) mass is 452 g/mol. The van der Waals surface area contributed by atoms with E-state index in [0.29, 0.717) is 0 Å². The van der Waals surface area contributed by atoms with Crippen LogP contribution in [0.2, 0.25) is 0 Å². The van der Waals surface area contributed by atoms with E-state index in [-0.39, 0.29) is 0 Å². The van der Waals surface area contributed by atoms with Gasteiger partial charge in [0.25, 0.3) is 0 Å². The lowest BCUT2D eigenvalue weighted by Crippen LogP contribution is -1.79. The van der Waals surface area contributed by atoms with Gasteiger partial charge in [-0.15, -0.1) is 22.7 Å². The predicted octanol–water partition coefficient (Wildman–Crippen LogP) is 10.0. The van der Waals surface area contributed by atoms with E-state index in [9.17, 15) is 0 Å². The van der Waals surface area contributed by atoms with E-state index in [4.69, 9.17) is 0 Å². The minimum absolute atomic E-state index is 1.32. The van der Waals surface area contributed by atoms with Crippen LogP contribution in [0.1, 0.15) is 4.88 Å². The molecule has 0 unspecified atom stereocenters. The van der Waals surface area contributed by atoms with Gasteiger partial charge in [-0.1, -0.05) is 48.5 Å². The molecule has 0 radical (unpaired) electrons. The number of aryl methyl sites for hydroxylation is 1. The van der Waals surface area contributed by atoms with Gasteiger partial charge >= 0.3 is 0 Å². The molecule has 5 aromatic carbocycles. The molecule has 0 bridgehead atoms. The molecule has 0 spiro atoms. The summed E-state index contributed by atoms with van der Waals surface area (Å²) in [6, 6.07) is 30.2. The summed E-state index contributed by atoms with van der Waals surface area (Å²) in [4.78, 5) is 2.83. The van der Waals surface area contributed by atoms with Crippen LogP contribution in [0.5, 0.6) is 0 Å². The first-order valence-corrected chi connectivity index (χ1v) is 13.0. The molecule has 0 nitrogen and oxygen atoms in total. The Kier molecular flexibility index (Phi) is 2.86. The first-order chi connectivity index (χ1) is 16.2. The fraction of sp³-hybridized carbons (Fsp3) is 0.0323. The molecular formula is C31H16S2. The predicted molar refractivity (Wildman–Crippen MR) is 146 cm³/mol. The average Bonchev–Trinajstić information content (AvgIpc) is 3.54. The van der Waals surface area contributed by atoms with Crippen LogP contribution in [-0.2, 0) is 0 Å². The van der Waals surface area contributed by atoms with E-state index in [1.165, 1.54) is 90.4 Å². The molecule has 152 valence electrons. The molecule has 2 aromatic heterocycles. The fourth-order valence-electron chi connectivity index (χ4n) is 6.25. The van der Waals surface area contributed by atoms with Crippen LogP contribution in [0, 0.1) is 6.92 Å². The maximum Gasteiger partial charge on any atom is 0.0440 e. The smallest absolute Gasteiger partial charge is 0.0440 e. The first-order valence-electron chi connectivity index (χ1n) is 11.4. The third-order valence-corrected chi connectivity index (χ3v) is 9.79. The molecule has 0 saturated heterocycles. The third kappa shape index (κ3) is 1.95. The zero-order valence-corrected chi connectivity index (χ0v) is 19.5. The Balaban J connectivity index is 1.40. The minimum atomic E-state index is 1.32. The molecular weight excluding hydrogens is 436 g/mol. The number of rotatable bonds is 0. The van der Waals surface area contributed by atoms with Crippen molar-refractivity contribution in [2.45, 2.75) is 6.92 Å². The highest BCUT2D eigenvalue weighted by atomic mass is 32.1. The lowest BCUT2D eigenvalue weighted by molar-refractivity contribution is 1.66. The quantitative estimate of drug-likeness (QED) is 0.215. The van der Waals surface area contributed by atoms with Gasteiger partial charge in [0.05, 0.1) is 0 Å². The molecule has 0 fully saturated rings. The minimum Gasteiger partial charge on any atom is -0.141 e. The van der Waals surface area contributed by atoms with Crippen LogP contribution in [-0.4, -0.2) is 0 Å². The second-order valence-corrected chi connectivity index (χ2v) is 11.7. The summed E-state index contributed by atoms with van der Waals surface area (Å²) < 4.78 is 2.81. The Hall–Kier alpha value is -3.46. The second kappa shape index (κ2) is 5.53. The molecule has 0 saturated carbocycles. The molecule has 2 heteroatoms. The molecule has 2 aliphatic rings. The Labute approximate surface area is 198 Å². The van der Waals surface area contributed by atoms with Gasteiger partial charge in [-0.3, -0.25) is 0 Å². The van der Waals surface area contributed by atoms with Crippen LogP contribution in [0.3, 0.4) is 0 Å². The standard InChI is InChI=1S/C31H16S2/c1-15-10-18-13-25-27(14-26(18)32-15)33-31-22-9-7-20-24-12-17-5-3-2-4-16(17)11-23(24)19-6-8-21(30(25)31)29(22)28(19)20/h2-14H,1H3. The number of hydrogen-bond donors (Lipinski definition) is 0. The normalized spacial score (nSPS) is 13.0. The Morgan fingerprint density at radius 2 is 1.18 bits per heavy atom. The lowest BCUT2D eigenvalue weighted by Gasteiger charge is -2.07. The summed E-state index contributed by atoms with van der Waals surface area (Å²) in [7, 11) is 0. The maximum atomic E-state index is 2.43. The molecule has 2 heterocycles. The molecule has 2 aliphatic carbocycles. The van der Waals surface area contributed by atoms with E-state index >= 15 is 0 Å². The molecule has 33 heavy (non-hydrogen) atoms. The van der Waals surface area contributed by atoms with Crippen molar-refractivity contribution in [3.63, 3.8) is 0 Å². The zero-order valence-electron chi connectivity index (χ0n) is 17.8. The van der Waals surface area contributed by atoms with Crippen molar-refractivity contribution in [3.8, 4) is 43.8 Å². The van der Waals surface area contributed by atoms with Crippen molar-refractivity contribution in [3.05, 3.63) is 83.7 Å². The van der Waals surface area contributed by atoms with Crippen LogP contribution in [0.4, 0.5) is 0 Å².